The molecule has 0 saturated carbocycles. The summed E-state index contributed by atoms with van der Waals surface area (Å²) in [5.74, 6) is 2.02. The minimum atomic E-state index is -0.146. The summed E-state index contributed by atoms with van der Waals surface area (Å²) < 4.78 is 1.83. The monoisotopic (exact) mass is 259 g/mol. The molecular formula is C14H21N5. The highest BCUT2D eigenvalue weighted by Crippen LogP contribution is 2.24. The zero-order valence-corrected chi connectivity index (χ0v) is 12.4. The summed E-state index contributed by atoms with van der Waals surface area (Å²) in [5.41, 5.74) is 8.74. The molecule has 2 aromatic heterocycles. The number of nitrogen functional groups attached to an aromatic ring is 1. The molecule has 0 atom stereocenters. The van der Waals surface area contributed by atoms with E-state index < -0.39 is 0 Å². The van der Waals surface area contributed by atoms with Crippen molar-refractivity contribution in [3.05, 3.63) is 28.8 Å². The van der Waals surface area contributed by atoms with E-state index in [1.807, 2.05) is 31.5 Å². The average molecular weight is 259 g/mol. The topological polar surface area (TPSA) is 69.6 Å². The molecular weight excluding hydrogens is 238 g/mol. The van der Waals surface area contributed by atoms with Gasteiger partial charge in [-0.3, -0.25) is 0 Å². The number of aryl methyl sites for hydroxylation is 2. The molecule has 5 heteroatoms. The summed E-state index contributed by atoms with van der Waals surface area (Å²) in [7, 11) is 0. The van der Waals surface area contributed by atoms with E-state index in [4.69, 9.17) is 5.73 Å². The van der Waals surface area contributed by atoms with Gasteiger partial charge in [0, 0.05) is 16.7 Å². The molecule has 0 amide bonds. The average Bonchev–Trinajstić information content (AvgIpc) is 2.60. The van der Waals surface area contributed by atoms with Crippen molar-refractivity contribution < 1.29 is 0 Å². The van der Waals surface area contributed by atoms with E-state index in [1.165, 1.54) is 0 Å². The van der Waals surface area contributed by atoms with Gasteiger partial charge < -0.3 is 5.73 Å². The second-order valence-corrected chi connectivity index (χ2v) is 5.97. The van der Waals surface area contributed by atoms with Crippen molar-refractivity contribution in [2.24, 2.45) is 0 Å². The number of aromatic nitrogens is 4. The van der Waals surface area contributed by atoms with Crippen LogP contribution in [-0.2, 0) is 5.41 Å². The lowest BCUT2D eigenvalue weighted by atomic mass is 9.95. The lowest BCUT2D eigenvalue weighted by molar-refractivity contribution is 0.542. The lowest BCUT2D eigenvalue weighted by Crippen LogP contribution is -2.20. The first-order chi connectivity index (χ1) is 8.70. The highest BCUT2D eigenvalue weighted by atomic mass is 15.3. The Morgan fingerprint density at radius 1 is 1.11 bits per heavy atom. The Bertz CT molecular complexity index is 619. The number of hydrogen-bond donors (Lipinski definition) is 1. The van der Waals surface area contributed by atoms with Crippen LogP contribution in [0.2, 0.25) is 0 Å². The minimum absolute atomic E-state index is 0.146. The first kappa shape index (κ1) is 13.5. The Balaban J connectivity index is 2.69. The van der Waals surface area contributed by atoms with Crippen LogP contribution in [0.25, 0.3) is 5.82 Å². The predicted octanol–water partition coefficient (Wildman–Crippen LogP) is 2.47. The van der Waals surface area contributed by atoms with Crippen molar-refractivity contribution in [2.75, 3.05) is 5.73 Å². The smallest absolute Gasteiger partial charge is 0.162 e. The van der Waals surface area contributed by atoms with Crippen molar-refractivity contribution in [3.63, 3.8) is 0 Å². The largest absolute Gasteiger partial charge is 0.383 e. The van der Waals surface area contributed by atoms with Crippen molar-refractivity contribution in [3.8, 4) is 5.82 Å². The SMILES string of the molecule is Cc1cc(C)n(-c2nc(C(C)(C)C)nc(N)c2C)n1. The number of hydrogen-bond acceptors (Lipinski definition) is 4. The first-order valence-electron chi connectivity index (χ1n) is 6.38. The molecule has 0 saturated heterocycles. The fraction of sp³-hybridized carbons (Fsp3) is 0.500. The summed E-state index contributed by atoms with van der Waals surface area (Å²) in [6.07, 6.45) is 0. The molecule has 2 heterocycles. The summed E-state index contributed by atoms with van der Waals surface area (Å²) in [4.78, 5) is 9.05. The maximum Gasteiger partial charge on any atom is 0.162 e. The van der Waals surface area contributed by atoms with Crippen LogP contribution in [0, 0.1) is 20.8 Å². The molecule has 0 aliphatic carbocycles. The molecule has 2 N–H and O–H groups in total. The van der Waals surface area contributed by atoms with E-state index in [0.29, 0.717) is 5.82 Å². The Labute approximate surface area is 113 Å². The molecule has 0 aliphatic heterocycles. The van der Waals surface area contributed by atoms with Crippen LogP contribution in [0.3, 0.4) is 0 Å². The number of rotatable bonds is 1. The molecule has 2 rings (SSSR count). The van der Waals surface area contributed by atoms with Crippen LogP contribution in [0.4, 0.5) is 5.82 Å². The fourth-order valence-electron chi connectivity index (χ4n) is 1.91. The molecule has 19 heavy (non-hydrogen) atoms. The second kappa shape index (κ2) is 4.33. The van der Waals surface area contributed by atoms with Crippen LogP contribution in [0.1, 0.15) is 43.5 Å². The maximum absolute atomic E-state index is 6.02. The van der Waals surface area contributed by atoms with Gasteiger partial charge in [-0.05, 0) is 26.8 Å². The molecule has 102 valence electrons. The lowest BCUT2D eigenvalue weighted by Gasteiger charge is -2.19. The Hall–Kier alpha value is -1.91. The van der Waals surface area contributed by atoms with Crippen LogP contribution < -0.4 is 5.73 Å². The first-order valence-corrected chi connectivity index (χ1v) is 6.38. The Morgan fingerprint density at radius 3 is 2.21 bits per heavy atom. The van der Waals surface area contributed by atoms with Gasteiger partial charge in [-0.15, -0.1) is 0 Å². The van der Waals surface area contributed by atoms with Crippen molar-refractivity contribution in [1.82, 2.24) is 19.7 Å². The summed E-state index contributed by atoms with van der Waals surface area (Å²) in [6, 6.07) is 2.02. The normalized spacial score (nSPS) is 11.9. The number of nitrogens with zero attached hydrogens (tertiary/aromatic N) is 4. The van der Waals surface area contributed by atoms with Crippen LogP contribution in [0.15, 0.2) is 6.07 Å². The number of anilines is 1. The second-order valence-electron chi connectivity index (χ2n) is 5.97. The zero-order valence-electron chi connectivity index (χ0n) is 12.4. The van der Waals surface area contributed by atoms with Crippen LogP contribution in [0.5, 0.6) is 0 Å². The van der Waals surface area contributed by atoms with Gasteiger partial charge in [-0.2, -0.15) is 5.10 Å². The standard InChI is InChI=1S/C14H21N5/c1-8-7-9(2)19(18-8)12-10(3)11(15)16-13(17-12)14(4,5)6/h7H,1-6H3,(H2,15,16,17). The van der Waals surface area contributed by atoms with E-state index >= 15 is 0 Å². The van der Waals surface area contributed by atoms with Crippen LogP contribution in [-0.4, -0.2) is 19.7 Å². The van der Waals surface area contributed by atoms with Crippen LogP contribution >= 0.6 is 0 Å². The zero-order chi connectivity index (χ0) is 14.4. The Kier molecular flexibility index (Phi) is 3.08. The number of nitrogens with two attached hydrogens (primary N) is 1. The van der Waals surface area contributed by atoms with E-state index in [-0.39, 0.29) is 5.41 Å². The predicted molar refractivity (Wildman–Crippen MR) is 76.5 cm³/mol. The van der Waals surface area contributed by atoms with Gasteiger partial charge in [0.1, 0.15) is 11.6 Å². The molecule has 0 aromatic carbocycles. The minimum Gasteiger partial charge on any atom is -0.383 e. The van der Waals surface area contributed by atoms with Gasteiger partial charge in [0.15, 0.2) is 5.82 Å². The summed E-state index contributed by atoms with van der Waals surface area (Å²) in [5, 5.41) is 4.48. The third-order valence-corrected chi connectivity index (χ3v) is 3.04. The highest BCUT2D eigenvalue weighted by molar-refractivity contribution is 5.49. The van der Waals surface area contributed by atoms with E-state index in [9.17, 15) is 0 Å². The third kappa shape index (κ3) is 2.45. The van der Waals surface area contributed by atoms with Crippen molar-refractivity contribution in [1.29, 1.82) is 0 Å². The fourth-order valence-corrected chi connectivity index (χ4v) is 1.91. The van der Waals surface area contributed by atoms with Crippen molar-refractivity contribution in [2.45, 2.75) is 47.0 Å². The van der Waals surface area contributed by atoms with Crippen molar-refractivity contribution >= 4 is 5.82 Å². The molecule has 0 bridgehead atoms. The quantitative estimate of drug-likeness (QED) is 0.854. The molecule has 0 unspecified atom stereocenters. The van der Waals surface area contributed by atoms with E-state index in [0.717, 1.165) is 28.6 Å². The van der Waals surface area contributed by atoms with Gasteiger partial charge in [-0.1, -0.05) is 20.8 Å². The van der Waals surface area contributed by atoms with Gasteiger partial charge in [0.25, 0.3) is 0 Å². The maximum atomic E-state index is 6.02. The van der Waals surface area contributed by atoms with E-state index in [2.05, 4.69) is 35.8 Å². The molecule has 0 aliphatic rings. The molecule has 0 spiro atoms. The third-order valence-electron chi connectivity index (χ3n) is 3.04. The molecule has 5 nitrogen and oxygen atoms in total. The molecule has 2 aromatic rings. The summed E-state index contributed by atoms with van der Waals surface area (Å²) >= 11 is 0. The van der Waals surface area contributed by atoms with Gasteiger partial charge in [0.05, 0.1) is 5.69 Å². The highest BCUT2D eigenvalue weighted by Gasteiger charge is 2.21. The molecule has 0 fully saturated rings. The van der Waals surface area contributed by atoms with E-state index in [1.54, 1.807) is 0 Å². The molecule has 0 radical (unpaired) electrons. The Morgan fingerprint density at radius 2 is 1.74 bits per heavy atom. The van der Waals surface area contributed by atoms with Gasteiger partial charge >= 0.3 is 0 Å². The van der Waals surface area contributed by atoms with Gasteiger partial charge in [-0.25, -0.2) is 14.6 Å². The van der Waals surface area contributed by atoms with Gasteiger partial charge in [0.2, 0.25) is 0 Å². The summed E-state index contributed by atoms with van der Waals surface area (Å²) in [6.45, 7) is 12.1.